The third kappa shape index (κ3) is 3.48. The molecule has 0 spiro atoms. The van der Waals surface area contributed by atoms with Crippen LogP contribution in [0.2, 0.25) is 0 Å². The second-order valence-corrected chi connectivity index (χ2v) is 4.29. The van der Waals surface area contributed by atoms with Crippen LogP contribution < -0.4 is 5.43 Å². The predicted molar refractivity (Wildman–Crippen MR) is 82.9 cm³/mol. The Morgan fingerprint density at radius 2 is 1.86 bits per heavy atom. The number of pyridine rings is 1. The molecule has 0 fully saturated rings. The second-order valence-electron chi connectivity index (χ2n) is 4.29. The van der Waals surface area contributed by atoms with E-state index in [4.69, 9.17) is 0 Å². The van der Waals surface area contributed by atoms with Crippen molar-refractivity contribution in [3.8, 4) is 11.3 Å². The molecule has 102 valence electrons. The topological polar surface area (TPSA) is 63.1 Å². The Bertz CT molecular complexity index is 726. The number of aromatic nitrogens is 3. The molecule has 0 radical (unpaired) electrons. The van der Waals surface area contributed by atoms with Crippen molar-refractivity contribution < 1.29 is 0 Å². The van der Waals surface area contributed by atoms with Gasteiger partial charge in [0.1, 0.15) is 0 Å². The van der Waals surface area contributed by atoms with Gasteiger partial charge >= 0.3 is 0 Å². The van der Waals surface area contributed by atoms with E-state index in [1.165, 1.54) is 0 Å². The van der Waals surface area contributed by atoms with Crippen LogP contribution in [0.3, 0.4) is 0 Å². The van der Waals surface area contributed by atoms with E-state index in [-0.39, 0.29) is 0 Å². The maximum atomic E-state index is 4.40. The van der Waals surface area contributed by atoms with Gasteiger partial charge in [-0.1, -0.05) is 30.3 Å². The molecule has 0 bridgehead atoms. The maximum Gasteiger partial charge on any atom is 0.244 e. The van der Waals surface area contributed by atoms with Crippen LogP contribution in [0.15, 0.2) is 72.2 Å². The van der Waals surface area contributed by atoms with Gasteiger partial charge in [-0.25, -0.2) is 15.4 Å². The first-order valence-electron chi connectivity index (χ1n) is 6.49. The number of hydrazone groups is 1. The summed E-state index contributed by atoms with van der Waals surface area (Å²) in [7, 11) is 0. The zero-order valence-electron chi connectivity index (χ0n) is 11.2. The van der Waals surface area contributed by atoms with Crippen molar-refractivity contribution >= 4 is 12.2 Å². The lowest BCUT2D eigenvalue weighted by Gasteiger charge is -2.02. The van der Waals surface area contributed by atoms with Gasteiger partial charge in [0.25, 0.3) is 0 Å². The first-order valence-corrected chi connectivity index (χ1v) is 6.49. The smallest absolute Gasteiger partial charge is 0.244 e. The van der Waals surface area contributed by atoms with Crippen molar-refractivity contribution in [1.29, 1.82) is 0 Å². The Balaban J connectivity index is 1.74. The molecule has 0 saturated carbocycles. The van der Waals surface area contributed by atoms with Gasteiger partial charge < -0.3 is 0 Å². The van der Waals surface area contributed by atoms with Crippen LogP contribution in [0.25, 0.3) is 11.3 Å². The monoisotopic (exact) mass is 275 g/mol. The lowest BCUT2D eigenvalue weighted by molar-refractivity contribution is 1.12. The Kier molecular flexibility index (Phi) is 3.93. The molecular formula is C16H13N5. The van der Waals surface area contributed by atoms with Crippen LogP contribution in [0.5, 0.6) is 0 Å². The quantitative estimate of drug-likeness (QED) is 0.587. The highest BCUT2D eigenvalue weighted by molar-refractivity contribution is 5.79. The zero-order chi connectivity index (χ0) is 14.3. The molecule has 1 N–H and O–H groups in total. The number of benzene rings is 1. The fourth-order valence-electron chi connectivity index (χ4n) is 1.79. The molecule has 2 aromatic heterocycles. The molecular weight excluding hydrogens is 262 g/mol. The van der Waals surface area contributed by atoms with Crippen LogP contribution in [-0.2, 0) is 0 Å². The summed E-state index contributed by atoms with van der Waals surface area (Å²) in [5.41, 5.74) is 5.58. The summed E-state index contributed by atoms with van der Waals surface area (Å²) in [5, 5.41) is 4.13. The van der Waals surface area contributed by atoms with Gasteiger partial charge in [-0.15, -0.1) is 0 Å². The predicted octanol–water partition coefficient (Wildman–Crippen LogP) is 2.98. The molecule has 3 rings (SSSR count). The summed E-state index contributed by atoms with van der Waals surface area (Å²) >= 11 is 0. The first kappa shape index (κ1) is 12.9. The number of hydrogen-bond acceptors (Lipinski definition) is 5. The molecule has 1 aromatic carbocycles. The average Bonchev–Trinajstić information content (AvgIpc) is 2.57. The molecule has 0 saturated heterocycles. The van der Waals surface area contributed by atoms with Crippen LogP contribution in [0.4, 0.5) is 5.95 Å². The molecule has 0 aliphatic heterocycles. The normalized spacial score (nSPS) is 10.7. The molecule has 21 heavy (non-hydrogen) atoms. The molecule has 0 unspecified atom stereocenters. The highest BCUT2D eigenvalue weighted by atomic mass is 15.3. The lowest BCUT2D eigenvalue weighted by atomic mass is 10.2. The molecule has 0 aliphatic carbocycles. The zero-order valence-corrected chi connectivity index (χ0v) is 11.2. The summed E-state index contributed by atoms with van der Waals surface area (Å²) in [6.07, 6.45) is 6.91. The Morgan fingerprint density at radius 1 is 0.952 bits per heavy atom. The molecule has 2 heterocycles. The van der Waals surface area contributed by atoms with Gasteiger partial charge in [0.15, 0.2) is 0 Å². The third-order valence-corrected chi connectivity index (χ3v) is 2.79. The minimum absolute atomic E-state index is 0.448. The minimum atomic E-state index is 0.448. The molecule has 0 aliphatic rings. The molecule has 0 amide bonds. The number of rotatable bonds is 4. The van der Waals surface area contributed by atoms with E-state index in [1.807, 2.05) is 48.5 Å². The maximum absolute atomic E-state index is 4.40. The molecule has 3 aromatic rings. The lowest BCUT2D eigenvalue weighted by Crippen LogP contribution is -1.97. The summed E-state index contributed by atoms with van der Waals surface area (Å²) in [6.45, 7) is 0. The highest BCUT2D eigenvalue weighted by Crippen LogP contribution is 2.15. The average molecular weight is 275 g/mol. The summed E-state index contributed by atoms with van der Waals surface area (Å²) < 4.78 is 0. The van der Waals surface area contributed by atoms with Crippen molar-refractivity contribution in [3.63, 3.8) is 0 Å². The SMILES string of the molecule is C(=NNc1nccc(-c2cccnc2)n1)c1ccccc1. The van der Waals surface area contributed by atoms with Gasteiger partial charge in [0.2, 0.25) is 5.95 Å². The standard InChI is InChI=1S/C16H13N5/c1-2-5-13(6-3-1)11-19-21-16-18-10-8-15(20-16)14-7-4-9-17-12-14/h1-12H,(H,18,20,21). The van der Waals surface area contributed by atoms with Gasteiger partial charge in [-0.3, -0.25) is 4.98 Å². The van der Waals surface area contributed by atoms with Crippen molar-refractivity contribution in [2.24, 2.45) is 5.10 Å². The van der Waals surface area contributed by atoms with E-state index in [2.05, 4.69) is 25.5 Å². The van der Waals surface area contributed by atoms with Gasteiger partial charge in [-0.2, -0.15) is 5.10 Å². The molecule has 0 atom stereocenters. The van der Waals surface area contributed by atoms with E-state index in [9.17, 15) is 0 Å². The number of anilines is 1. The van der Waals surface area contributed by atoms with Crippen molar-refractivity contribution in [2.45, 2.75) is 0 Å². The van der Waals surface area contributed by atoms with Crippen molar-refractivity contribution in [3.05, 3.63) is 72.7 Å². The third-order valence-electron chi connectivity index (χ3n) is 2.79. The van der Waals surface area contributed by atoms with Crippen molar-refractivity contribution in [1.82, 2.24) is 15.0 Å². The number of nitrogens with one attached hydrogen (secondary N) is 1. The van der Waals surface area contributed by atoms with Crippen LogP contribution in [0, 0.1) is 0 Å². The fourth-order valence-corrected chi connectivity index (χ4v) is 1.79. The van der Waals surface area contributed by atoms with Crippen LogP contribution >= 0.6 is 0 Å². The Labute approximate surface area is 122 Å². The van der Waals surface area contributed by atoms with Crippen molar-refractivity contribution in [2.75, 3.05) is 5.43 Å². The van der Waals surface area contributed by atoms with Crippen LogP contribution in [-0.4, -0.2) is 21.2 Å². The largest absolute Gasteiger partial charge is 0.264 e. The van der Waals surface area contributed by atoms with E-state index >= 15 is 0 Å². The summed E-state index contributed by atoms with van der Waals surface area (Å²) in [6, 6.07) is 15.5. The van der Waals surface area contributed by atoms with E-state index in [1.54, 1.807) is 24.8 Å². The van der Waals surface area contributed by atoms with E-state index < -0.39 is 0 Å². The Morgan fingerprint density at radius 3 is 2.67 bits per heavy atom. The number of nitrogens with zero attached hydrogens (tertiary/aromatic N) is 4. The first-order chi connectivity index (χ1) is 10.4. The molecule has 5 nitrogen and oxygen atoms in total. The van der Waals surface area contributed by atoms with Gasteiger partial charge in [0, 0.05) is 24.2 Å². The van der Waals surface area contributed by atoms with E-state index in [0.717, 1.165) is 16.8 Å². The fraction of sp³-hybridized carbons (Fsp3) is 0. The van der Waals surface area contributed by atoms with Gasteiger partial charge in [0.05, 0.1) is 11.9 Å². The van der Waals surface area contributed by atoms with Gasteiger partial charge in [-0.05, 0) is 23.8 Å². The second kappa shape index (κ2) is 6.38. The highest BCUT2D eigenvalue weighted by Gasteiger charge is 2.00. The number of hydrogen-bond donors (Lipinski definition) is 1. The Hall–Kier alpha value is -3.08. The summed E-state index contributed by atoms with van der Waals surface area (Å²) in [4.78, 5) is 12.6. The van der Waals surface area contributed by atoms with E-state index in [0.29, 0.717) is 5.95 Å². The molecule has 5 heteroatoms. The minimum Gasteiger partial charge on any atom is -0.264 e. The summed E-state index contributed by atoms with van der Waals surface area (Å²) in [5.74, 6) is 0.448. The van der Waals surface area contributed by atoms with Crippen LogP contribution in [0.1, 0.15) is 5.56 Å².